The number of methoxy groups -OCH3 is 1. The van der Waals surface area contributed by atoms with E-state index in [0.29, 0.717) is 29.3 Å². The molecule has 1 atom stereocenters. The van der Waals surface area contributed by atoms with Gasteiger partial charge in [-0.25, -0.2) is 9.18 Å². The van der Waals surface area contributed by atoms with E-state index in [0.717, 1.165) is 19.2 Å². The van der Waals surface area contributed by atoms with Crippen molar-refractivity contribution < 1.29 is 19.0 Å². The molecule has 2 aliphatic heterocycles. The Labute approximate surface area is 152 Å². The van der Waals surface area contributed by atoms with Crippen LogP contribution in [0.1, 0.15) is 22.7 Å². The third-order valence-corrected chi connectivity index (χ3v) is 6.00. The first-order valence-corrected chi connectivity index (χ1v) is 9.18. The zero-order valence-electron chi connectivity index (χ0n) is 14.3. The molecule has 0 bridgehead atoms. The summed E-state index contributed by atoms with van der Waals surface area (Å²) >= 11 is 1.31. The van der Waals surface area contributed by atoms with Crippen LogP contribution in [0.4, 0.5) is 10.1 Å². The highest BCUT2D eigenvalue weighted by Crippen LogP contribution is 2.50. The molecule has 0 spiro atoms. The summed E-state index contributed by atoms with van der Waals surface area (Å²) in [4.78, 5) is 26.2. The number of carboxylic acids is 1. The average molecular weight is 379 g/mol. The van der Waals surface area contributed by atoms with Gasteiger partial charge in [-0.3, -0.25) is 4.79 Å². The maximum atomic E-state index is 15.0. The quantitative estimate of drug-likeness (QED) is 0.842. The number of hydrogen-bond acceptors (Lipinski definition) is 6. The van der Waals surface area contributed by atoms with Crippen LogP contribution in [0.5, 0.6) is 5.75 Å². The second-order valence-corrected chi connectivity index (χ2v) is 7.58. The van der Waals surface area contributed by atoms with Gasteiger partial charge in [-0.05, 0) is 13.0 Å². The van der Waals surface area contributed by atoms with Crippen molar-refractivity contribution >= 4 is 34.3 Å². The Kier molecular flexibility index (Phi) is 4.07. The van der Waals surface area contributed by atoms with Crippen molar-refractivity contribution in [2.75, 3.05) is 38.2 Å². The Bertz CT molecular complexity index is 985. The number of rotatable bonds is 3. The number of pyridine rings is 1. The van der Waals surface area contributed by atoms with Crippen LogP contribution in [0.2, 0.25) is 0 Å². The minimum atomic E-state index is -1.30. The average Bonchev–Trinajstić information content (AvgIpc) is 2.61. The van der Waals surface area contributed by atoms with Gasteiger partial charge in [0.05, 0.1) is 28.4 Å². The van der Waals surface area contributed by atoms with Gasteiger partial charge >= 0.3 is 5.97 Å². The van der Waals surface area contributed by atoms with Crippen molar-refractivity contribution in [3.8, 4) is 5.75 Å². The van der Waals surface area contributed by atoms with Gasteiger partial charge in [0.25, 0.3) is 0 Å². The smallest absolute Gasteiger partial charge is 0.342 e. The molecule has 1 unspecified atom stereocenters. The zero-order chi connectivity index (χ0) is 18.6. The van der Waals surface area contributed by atoms with Gasteiger partial charge in [-0.15, -0.1) is 0 Å². The monoisotopic (exact) mass is 379 g/mol. The number of aromatic nitrogens is 1. The highest BCUT2D eigenvalue weighted by Gasteiger charge is 2.35. The number of thioether (sulfide) groups is 1. The highest BCUT2D eigenvalue weighted by atomic mass is 32.2. The first-order valence-electron chi connectivity index (χ1n) is 8.30. The number of aromatic carboxylic acids is 1. The lowest BCUT2D eigenvalue weighted by Crippen LogP contribution is -2.44. The second-order valence-electron chi connectivity index (χ2n) is 6.28. The van der Waals surface area contributed by atoms with E-state index in [-0.39, 0.29) is 22.1 Å². The summed E-state index contributed by atoms with van der Waals surface area (Å²) in [6, 6.07) is 1.15. The van der Waals surface area contributed by atoms with Crippen molar-refractivity contribution in [3.63, 3.8) is 0 Å². The standard InChI is InChI=1S/C17H18FN3O4S/c1-8-21-12-9(14(22)11(17(23)24)16(21)26-8)7-10(18)13(15(12)25-2)20-5-3-19-4-6-20/h7-8,19H,3-6H2,1-2H3,(H,23,24). The molecule has 26 heavy (non-hydrogen) atoms. The van der Waals surface area contributed by atoms with Crippen LogP contribution in [-0.2, 0) is 0 Å². The Morgan fingerprint density at radius 2 is 2.12 bits per heavy atom. The number of ether oxygens (including phenoxy) is 1. The lowest BCUT2D eigenvalue weighted by Gasteiger charge is -2.35. The van der Waals surface area contributed by atoms with Gasteiger partial charge in [-0.2, -0.15) is 0 Å². The summed E-state index contributed by atoms with van der Waals surface area (Å²) in [5.74, 6) is -1.60. The minimum Gasteiger partial charge on any atom is -0.492 e. The fourth-order valence-electron chi connectivity index (χ4n) is 3.67. The first-order chi connectivity index (χ1) is 12.5. The molecule has 1 saturated heterocycles. The molecule has 0 aliphatic carbocycles. The van der Waals surface area contributed by atoms with E-state index in [4.69, 9.17) is 4.74 Å². The van der Waals surface area contributed by atoms with Gasteiger partial charge in [0.1, 0.15) is 11.3 Å². The van der Waals surface area contributed by atoms with Crippen LogP contribution in [0.3, 0.4) is 0 Å². The normalized spacial score (nSPS) is 19.2. The number of anilines is 1. The predicted molar refractivity (Wildman–Crippen MR) is 97.3 cm³/mol. The summed E-state index contributed by atoms with van der Waals surface area (Å²) in [6.45, 7) is 4.59. The summed E-state index contributed by atoms with van der Waals surface area (Å²) in [5, 5.41) is 13.0. The van der Waals surface area contributed by atoms with Gasteiger partial charge < -0.3 is 24.6 Å². The van der Waals surface area contributed by atoms with E-state index in [1.54, 1.807) is 4.57 Å². The van der Waals surface area contributed by atoms with Crippen LogP contribution in [0.15, 0.2) is 15.9 Å². The number of halogens is 1. The van der Waals surface area contributed by atoms with E-state index in [1.165, 1.54) is 18.9 Å². The molecule has 0 saturated carbocycles. The van der Waals surface area contributed by atoms with Gasteiger partial charge in [0, 0.05) is 26.2 Å². The summed E-state index contributed by atoms with van der Waals surface area (Å²) in [5.41, 5.74) is -0.208. The highest BCUT2D eigenvalue weighted by molar-refractivity contribution is 8.00. The number of piperazine rings is 1. The molecule has 7 nitrogen and oxygen atoms in total. The number of benzene rings is 1. The third-order valence-electron chi connectivity index (χ3n) is 4.82. The Hall–Kier alpha value is -2.26. The molecule has 2 aliphatic rings. The predicted octanol–water partition coefficient (Wildman–Crippen LogP) is 1.88. The van der Waals surface area contributed by atoms with Crippen LogP contribution >= 0.6 is 11.8 Å². The maximum absolute atomic E-state index is 15.0. The third kappa shape index (κ3) is 2.30. The van der Waals surface area contributed by atoms with Crippen LogP contribution in [-0.4, -0.2) is 48.9 Å². The number of nitrogens with zero attached hydrogens (tertiary/aromatic N) is 2. The second kappa shape index (κ2) is 6.17. The number of hydrogen-bond donors (Lipinski definition) is 2. The summed E-state index contributed by atoms with van der Waals surface area (Å²) in [7, 11) is 1.44. The number of carbonyl (C=O) groups is 1. The van der Waals surface area contributed by atoms with Crippen molar-refractivity contribution in [3.05, 3.63) is 27.7 Å². The zero-order valence-corrected chi connectivity index (χ0v) is 15.2. The van der Waals surface area contributed by atoms with Gasteiger partial charge in [0.2, 0.25) is 5.43 Å². The molecule has 9 heteroatoms. The topological polar surface area (TPSA) is 83.8 Å². The lowest BCUT2D eigenvalue weighted by molar-refractivity contribution is 0.0689. The first kappa shape index (κ1) is 17.2. The number of carboxylic acid groups (broad SMARTS) is 1. The molecule has 138 valence electrons. The van der Waals surface area contributed by atoms with Gasteiger partial charge in [0.15, 0.2) is 11.6 Å². The summed E-state index contributed by atoms with van der Waals surface area (Å²) in [6.07, 6.45) is 0. The number of fused-ring (bicyclic) bond motifs is 3. The molecule has 0 amide bonds. The van der Waals surface area contributed by atoms with E-state index >= 15 is 0 Å². The molecular formula is C17H18FN3O4S. The SMILES string of the molecule is COc1c(N2CCNCC2)c(F)cc2c(=O)c(C(=O)O)c3n(c12)C(C)S3. The minimum absolute atomic E-state index is 0.0338. The van der Waals surface area contributed by atoms with Crippen molar-refractivity contribution in [1.29, 1.82) is 0 Å². The molecule has 3 heterocycles. The molecular weight excluding hydrogens is 361 g/mol. The summed E-state index contributed by atoms with van der Waals surface area (Å²) < 4.78 is 22.3. The molecule has 2 aromatic rings. The van der Waals surface area contributed by atoms with Gasteiger partial charge in [-0.1, -0.05) is 11.8 Å². The largest absolute Gasteiger partial charge is 0.492 e. The molecule has 0 radical (unpaired) electrons. The van der Waals surface area contributed by atoms with Crippen LogP contribution < -0.4 is 20.4 Å². The fraction of sp³-hybridized carbons (Fsp3) is 0.412. The maximum Gasteiger partial charge on any atom is 0.342 e. The lowest BCUT2D eigenvalue weighted by atomic mass is 10.1. The molecule has 1 fully saturated rings. The Morgan fingerprint density at radius 3 is 2.69 bits per heavy atom. The molecule has 4 rings (SSSR count). The van der Waals surface area contributed by atoms with Crippen LogP contribution in [0.25, 0.3) is 10.9 Å². The number of nitrogens with one attached hydrogen (secondary N) is 1. The van der Waals surface area contributed by atoms with E-state index in [9.17, 15) is 19.1 Å². The van der Waals surface area contributed by atoms with Crippen LogP contribution in [0, 0.1) is 5.82 Å². The van der Waals surface area contributed by atoms with Crippen molar-refractivity contribution in [2.24, 2.45) is 0 Å². The van der Waals surface area contributed by atoms with Crippen molar-refractivity contribution in [2.45, 2.75) is 17.3 Å². The molecule has 1 aromatic carbocycles. The fourth-order valence-corrected chi connectivity index (χ4v) is 4.80. The molecule has 2 N–H and O–H groups in total. The Morgan fingerprint density at radius 1 is 1.42 bits per heavy atom. The molecule has 1 aromatic heterocycles. The van der Waals surface area contributed by atoms with Crippen molar-refractivity contribution in [1.82, 2.24) is 9.88 Å². The Balaban J connectivity index is 2.09. The van der Waals surface area contributed by atoms with E-state index in [1.807, 2.05) is 11.8 Å². The van der Waals surface area contributed by atoms with E-state index in [2.05, 4.69) is 5.32 Å². The van der Waals surface area contributed by atoms with E-state index < -0.39 is 17.2 Å².